The molecule has 1 aromatic rings. The molecule has 1 fully saturated rings. The van der Waals surface area contributed by atoms with E-state index in [9.17, 15) is 4.79 Å². The summed E-state index contributed by atoms with van der Waals surface area (Å²) in [5, 5.41) is 4.88. The van der Waals surface area contributed by atoms with Crippen molar-refractivity contribution in [3.8, 4) is 11.8 Å². The fourth-order valence-corrected chi connectivity index (χ4v) is 3.45. The molecule has 1 saturated carbocycles. The topological polar surface area (TPSA) is 58.4 Å². The summed E-state index contributed by atoms with van der Waals surface area (Å²) in [6.07, 6.45) is 5.24. The van der Waals surface area contributed by atoms with E-state index in [0.717, 1.165) is 12.1 Å². The number of nitrogens with one attached hydrogen (secondary N) is 1. The Balaban J connectivity index is 1.80. The van der Waals surface area contributed by atoms with Crippen molar-refractivity contribution in [2.75, 3.05) is 26.7 Å². The lowest BCUT2D eigenvalue weighted by Crippen LogP contribution is -2.37. The molecular weight excluding hydrogens is 282 g/mol. The summed E-state index contributed by atoms with van der Waals surface area (Å²) in [5.41, 5.74) is 6.14. The third-order valence-electron chi connectivity index (χ3n) is 3.89. The lowest BCUT2D eigenvalue weighted by molar-refractivity contribution is 0.0951. The van der Waals surface area contributed by atoms with Crippen molar-refractivity contribution in [3.63, 3.8) is 0 Å². The number of hydrogen-bond donors (Lipinski definition) is 2. The van der Waals surface area contributed by atoms with Gasteiger partial charge in [-0.15, -0.1) is 11.3 Å². The molecule has 1 aliphatic carbocycles. The molecule has 2 rings (SSSR count). The molecule has 5 heteroatoms. The second kappa shape index (κ2) is 8.18. The van der Waals surface area contributed by atoms with E-state index in [-0.39, 0.29) is 5.91 Å². The Hall–Kier alpha value is -1.35. The molecule has 0 aromatic carbocycles. The maximum absolute atomic E-state index is 12.2. The summed E-state index contributed by atoms with van der Waals surface area (Å²) in [7, 11) is 2.14. The highest BCUT2D eigenvalue weighted by Gasteiger charge is 2.19. The molecule has 0 unspecified atom stereocenters. The van der Waals surface area contributed by atoms with Gasteiger partial charge < -0.3 is 16.0 Å². The molecule has 0 spiro atoms. The van der Waals surface area contributed by atoms with E-state index in [1.165, 1.54) is 37.0 Å². The van der Waals surface area contributed by atoms with Crippen molar-refractivity contribution < 1.29 is 4.79 Å². The lowest BCUT2D eigenvalue weighted by Gasteiger charge is -2.23. The highest BCUT2D eigenvalue weighted by Crippen LogP contribution is 2.21. The van der Waals surface area contributed by atoms with Gasteiger partial charge >= 0.3 is 0 Å². The van der Waals surface area contributed by atoms with Crippen LogP contribution in [0.3, 0.4) is 0 Å². The summed E-state index contributed by atoms with van der Waals surface area (Å²) >= 11 is 1.42. The molecular formula is C16H23N3OS. The van der Waals surface area contributed by atoms with Gasteiger partial charge in [0.15, 0.2) is 0 Å². The predicted molar refractivity (Wildman–Crippen MR) is 87.5 cm³/mol. The molecule has 1 aliphatic rings. The van der Waals surface area contributed by atoms with E-state index < -0.39 is 0 Å². The zero-order chi connectivity index (χ0) is 15.1. The monoisotopic (exact) mass is 305 g/mol. The lowest BCUT2D eigenvalue weighted by atomic mass is 10.2. The SMILES string of the molecule is CN(CCNC(=O)c1sccc1C#CCN)C1CCCC1. The minimum atomic E-state index is -0.0360. The minimum absolute atomic E-state index is 0.0360. The summed E-state index contributed by atoms with van der Waals surface area (Å²) in [5.74, 6) is 5.70. The molecule has 1 aromatic heterocycles. The number of nitrogens with two attached hydrogens (primary N) is 1. The van der Waals surface area contributed by atoms with Gasteiger partial charge in [-0.25, -0.2) is 0 Å². The van der Waals surface area contributed by atoms with E-state index in [1.54, 1.807) is 0 Å². The number of rotatable bonds is 5. The highest BCUT2D eigenvalue weighted by atomic mass is 32.1. The van der Waals surface area contributed by atoms with Gasteiger partial charge in [0.1, 0.15) is 4.88 Å². The van der Waals surface area contributed by atoms with Crippen molar-refractivity contribution in [1.29, 1.82) is 0 Å². The Labute approximate surface area is 130 Å². The molecule has 3 N–H and O–H groups in total. The van der Waals surface area contributed by atoms with Crippen molar-refractivity contribution in [1.82, 2.24) is 10.2 Å². The van der Waals surface area contributed by atoms with Gasteiger partial charge in [0.05, 0.1) is 6.54 Å². The first-order valence-corrected chi connectivity index (χ1v) is 8.35. The fraction of sp³-hybridized carbons (Fsp3) is 0.562. The van der Waals surface area contributed by atoms with Crippen LogP contribution in [0.5, 0.6) is 0 Å². The molecule has 0 bridgehead atoms. The van der Waals surface area contributed by atoms with Crippen LogP contribution < -0.4 is 11.1 Å². The average molecular weight is 305 g/mol. The third kappa shape index (κ3) is 4.57. The second-order valence-electron chi connectivity index (χ2n) is 5.34. The van der Waals surface area contributed by atoms with Crippen LogP contribution in [-0.4, -0.2) is 43.5 Å². The second-order valence-corrected chi connectivity index (χ2v) is 6.26. The van der Waals surface area contributed by atoms with E-state index in [1.807, 2.05) is 11.4 Å². The molecule has 0 aliphatic heterocycles. The summed E-state index contributed by atoms with van der Waals surface area (Å²) in [4.78, 5) is 15.2. The largest absolute Gasteiger partial charge is 0.350 e. The van der Waals surface area contributed by atoms with Crippen molar-refractivity contribution in [3.05, 3.63) is 21.9 Å². The Morgan fingerprint density at radius 3 is 3.00 bits per heavy atom. The molecule has 114 valence electrons. The Bertz CT molecular complexity index is 523. The molecule has 1 amide bonds. The van der Waals surface area contributed by atoms with Crippen LogP contribution in [-0.2, 0) is 0 Å². The zero-order valence-corrected chi connectivity index (χ0v) is 13.3. The number of carbonyl (C=O) groups excluding carboxylic acids is 1. The van der Waals surface area contributed by atoms with Crippen LogP contribution >= 0.6 is 11.3 Å². The number of amides is 1. The number of hydrogen-bond acceptors (Lipinski definition) is 4. The number of likely N-dealkylation sites (N-methyl/N-ethyl adjacent to an activating group) is 1. The Morgan fingerprint density at radius 2 is 2.29 bits per heavy atom. The van der Waals surface area contributed by atoms with Crippen LogP contribution in [0, 0.1) is 11.8 Å². The smallest absolute Gasteiger partial charge is 0.262 e. The van der Waals surface area contributed by atoms with Gasteiger partial charge in [-0.1, -0.05) is 24.7 Å². The van der Waals surface area contributed by atoms with Crippen LogP contribution in [0.25, 0.3) is 0 Å². The first-order valence-electron chi connectivity index (χ1n) is 7.47. The molecule has 21 heavy (non-hydrogen) atoms. The summed E-state index contributed by atoms with van der Waals surface area (Å²) < 4.78 is 0. The third-order valence-corrected chi connectivity index (χ3v) is 4.81. The molecule has 1 heterocycles. The summed E-state index contributed by atoms with van der Waals surface area (Å²) in [6, 6.07) is 2.56. The van der Waals surface area contributed by atoms with E-state index in [0.29, 0.717) is 24.0 Å². The van der Waals surface area contributed by atoms with Gasteiger partial charge in [-0.3, -0.25) is 4.79 Å². The molecule has 0 atom stereocenters. The predicted octanol–water partition coefficient (Wildman–Crippen LogP) is 1.66. The first-order chi connectivity index (χ1) is 10.2. The molecule has 4 nitrogen and oxygen atoms in total. The van der Waals surface area contributed by atoms with Gasteiger partial charge in [0.25, 0.3) is 5.91 Å². The van der Waals surface area contributed by atoms with Gasteiger partial charge in [0, 0.05) is 24.7 Å². The van der Waals surface area contributed by atoms with Gasteiger partial charge in [0.2, 0.25) is 0 Å². The number of carbonyl (C=O) groups is 1. The van der Waals surface area contributed by atoms with Gasteiger partial charge in [-0.05, 0) is 31.3 Å². The fourth-order valence-electron chi connectivity index (χ4n) is 2.68. The maximum Gasteiger partial charge on any atom is 0.262 e. The van der Waals surface area contributed by atoms with E-state index in [4.69, 9.17) is 5.73 Å². The van der Waals surface area contributed by atoms with Crippen LogP contribution in [0.2, 0.25) is 0 Å². The van der Waals surface area contributed by atoms with E-state index >= 15 is 0 Å². The Morgan fingerprint density at radius 1 is 1.52 bits per heavy atom. The van der Waals surface area contributed by atoms with Gasteiger partial charge in [-0.2, -0.15) is 0 Å². The molecule has 0 radical (unpaired) electrons. The number of thiophene rings is 1. The summed E-state index contributed by atoms with van der Waals surface area (Å²) in [6.45, 7) is 1.88. The van der Waals surface area contributed by atoms with Crippen LogP contribution in [0.1, 0.15) is 40.9 Å². The van der Waals surface area contributed by atoms with E-state index in [2.05, 4.69) is 29.1 Å². The van der Waals surface area contributed by atoms with Crippen molar-refractivity contribution >= 4 is 17.2 Å². The maximum atomic E-state index is 12.2. The Kier molecular flexibility index (Phi) is 6.24. The number of nitrogens with zero attached hydrogens (tertiary/aromatic N) is 1. The normalized spacial score (nSPS) is 15.0. The standard InChI is InChI=1S/C16H23N3OS/c1-19(14-6-2-3-7-14)11-10-18-16(20)15-13(5-4-9-17)8-12-21-15/h8,12,14H,2-3,6-7,9-11,17H2,1H3,(H,18,20). The van der Waals surface area contributed by atoms with Crippen LogP contribution in [0.4, 0.5) is 0 Å². The average Bonchev–Trinajstić information content (AvgIpc) is 3.15. The first kappa shape index (κ1) is 16.0. The highest BCUT2D eigenvalue weighted by molar-refractivity contribution is 7.12. The molecule has 0 saturated heterocycles. The minimum Gasteiger partial charge on any atom is -0.350 e. The zero-order valence-electron chi connectivity index (χ0n) is 12.5. The van der Waals surface area contributed by atoms with Crippen molar-refractivity contribution in [2.45, 2.75) is 31.7 Å². The quantitative estimate of drug-likeness (QED) is 0.814. The van der Waals surface area contributed by atoms with Crippen molar-refractivity contribution in [2.24, 2.45) is 5.73 Å². The van der Waals surface area contributed by atoms with Crippen LogP contribution in [0.15, 0.2) is 11.4 Å².